The number of ether oxygens (including phenoxy) is 1. The lowest BCUT2D eigenvalue weighted by molar-refractivity contribution is -0.122. The number of carbonyl (C=O) groups excluding carboxylic acids is 1. The number of likely N-dealkylation sites (tertiary alicyclic amines) is 1. The van der Waals surface area contributed by atoms with Crippen LogP contribution in [0.2, 0.25) is 0 Å². The Morgan fingerprint density at radius 3 is 3.04 bits per heavy atom. The number of anilines is 1. The summed E-state index contributed by atoms with van der Waals surface area (Å²) < 4.78 is 6.61. The fourth-order valence-corrected chi connectivity index (χ4v) is 4.44. The van der Waals surface area contributed by atoms with Gasteiger partial charge in [0.25, 0.3) is 0 Å². The van der Waals surface area contributed by atoms with Gasteiger partial charge in [0.15, 0.2) is 0 Å². The molecule has 0 saturated carbocycles. The van der Waals surface area contributed by atoms with Crippen LogP contribution in [0.15, 0.2) is 23.7 Å². The number of hydrogen-bond acceptors (Lipinski definition) is 5. The van der Waals surface area contributed by atoms with E-state index >= 15 is 0 Å². The van der Waals surface area contributed by atoms with E-state index < -0.39 is 0 Å². The van der Waals surface area contributed by atoms with E-state index in [1.54, 1.807) is 11.3 Å². The van der Waals surface area contributed by atoms with Gasteiger partial charge in [-0.05, 0) is 50.4 Å². The highest BCUT2D eigenvalue weighted by Gasteiger charge is 2.30. The van der Waals surface area contributed by atoms with Crippen LogP contribution in [0.5, 0.6) is 0 Å². The first-order valence-electron chi connectivity index (χ1n) is 8.75. The van der Waals surface area contributed by atoms with Crippen LogP contribution in [0.25, 0.3) is 10.2 Å². The minimum atomic E-state index is 0.0766. The topological polar surface area (TPSA) is 54.5 Å². The Morgan fingerprint density at radius 2 is 2.17 bits per heavy atom. The molecule has 1 atom stereocenters. The zero-order chi connectivity index (χ0) is 16.4. The third-order valence-electron chi connectivity index (χ3n) is 5.13. The largest absolute Gasteiger partial charge is 0.381 e. The summed E-state index contributed by atoms with van der Waals surface area (Å²) in [7, 11) is 0. The van der Waals surface area contributed by atoms with Crippen LogP contribution in [0.1, 0.15) is 25.7 Å². The van der Waals surface area contributed by atoms with Crippen LogP contribution >= 0.6 is 11.3 Å². The minimum Gasteiger partial charge on any atom is -0.381 e. The number of amides is 1. The summed E-state index contributed by atoms with van der Waals surface area (Å²) in [6, 6.07) is 6.54. The van der Waals surface area contributed by atoms with Gasteiger partial charge in [-0.15, -0.1) is 11.3 Å². The zero-order valence-electron chi connectivity index (χ0n) is 13.7. The smallest absolute Gasteiger partial charge is 0.228 e. The summed E-state index contributed by atoms with van der Waals surface area (Å²) >= 11 is 1.62. The summed E-state index contributed by atoms with van der Waals surface area (Å²) in [5.74, 6) is 0.217. The van der Waals surface area contributed by atoms with E-state index in [0.29, 0.717) is 6.04 Å². The van der Waals surface area contributed by atoms with Crippen molar-refractivity contribution in [2.24, 2.45) is 5.92 Å². The Labute approximate surface area is 146 Å². The molecule has 0 spiro atoms. The van der Waals surface area contributed by atoms with E-state index in [4.69, 9.17) is 4.74 Å². The molecule has 2 fully saturated rings. The highest BCUT2D eigenvalue weighted by atomic mass is 32.1. The maximum absolute atomic E-state index is 12.7. The van der Waals surface area contributed by atoms with Crippen molar-refractivity contribution < 1.29 is 9.53 Å². The van der Waals surface area contributed by atoms with Crippen molar-refractivity contribution in [3.63, 3.8) is 0 Å². The van der Waals surface area contributed by atoms with Crippen LogP contribution in [0, 0.1) is 5.92 Å². The molecule has 4 rings (SSSR count). The van der Waals surface area contributed by atoms with Gasteiger partial charge in [-0.2, -0.15) is 0 Å². The number of rotatable bonds is 3. The van der Waals surface area contributed by atoms with Crippen LogP contribution < -0.4 is 5.32 Å². The summed E-state index contributed by atoms with van der Waals surface area (Å²) in [6.07, 6.45) is 4.26. The Morgan fingerprint density at radius 1 is 1.29 bits per heavy atom. The molecule has 3 heterocycles. The molecule has 0 radical (unpaired) electrons. The molecule has 6 heteroatoms. The van der Waals surface area contributed by atoms with Crippen LogP contribution in [0.3, 0.4) is 0 Å². The Hall–Kier alpha value is -1.50. The first-order valence-corrected chi connectivity index (χ1v) is 9.63. The molecular formula is C18H23N3O2S. The number of thiazole rings is 1. The van der Waals surface area contributed by atoms with Gasteiger partial charge in [0.1, 0.15) is 0 Å². The van der Waals surface area contributed by atoms with Gasteiger partial charge in [-0.3, -0.25) is 9.69 Å². The lowest BCUT2D eigenvalue weighted by Gasteiger charge is -2.39. The molecule has 2 aromatic rings. The maximum atomic E-state index is 12.7. The molecule has 2 saturated heterocycles. The Kier molecular flexibility index (Phi) is 4.78. The van der Waals surface area contributed by atoms with E-state index in [2.05, 4.69) is 15.2 Å². The normalized spacial score (nSPS) is 23.4. The molecular weight excluding hydrogens is 322 g/mol. The predicted molar refractivity (Wildman–Crippen MR) is 96.4 cm³/mol. The van der Waals surface area contributed by atoms with E-state index in [1.807, 2.05) is 23.7 Å². The molecule has 1 aromatic heterocycles. The van der Waals surface area contributed by atoms with Gasteiger partial charge in [0, 0.05) is 31.5 Å². The number of fused-ring (bicyclic) bond motifs is 1. The molecule has 1 unspecified atom stereocenters. The lowest BCUT2D eigenvalue weighted by atomic mass is 9.94. The molecule has 1 N–H and O–H groups in total. The van der Waals surface area contributed by atoms with Gasteiger partial charge in [-0.25, -0.2) is 4.98 Å². The molecule has 1 amide bonds. The number of hydrogen-bond donors (Lipinski definition) is 1. The van der Waals surface area contributed by atoms with E-state index in [1.165, 1.54) is 0 Å². The standard InChI is InChI=1S/C18H23N3O2S/c22-18(20-14-3-4-17-16(10-14)19-12-24-17)13-2-1-7-21(11-13)15-5-8-23-9-6-15/h3-4,10,12-13,15H,1-2,5-9,11H2,(H,20,22). The first kappa shape index (κ1) is 16.0. The third kappa shape index (κ3) is 3.45. The van der Waals surface area contributed by atoms with Crippen molar-refractivity contribution in [2.75, 3.05) is 31.6 Å². The summed E-state index contributed by atoms with van der Waals surface area (Å²) in [5.41, 5.74) is 3.63. The van der Waals surface area contributed by atoms with E-state index in [9.17, 15) is 4.79 Å². The van der Waals surface area contributed by atoms with E-state index in [-0.39, 0.29) is 11.8 Å². The number of nitrogens with one attached hydrogen (secondary N) is 1. The molecule has 24 heavy (non-hydrogen) atoms. The maximum Gasteiger partial charge on any atom is 0.228 e. The number of nitrogens with zero attached hydrogens (tertiary/aromatic N) is 2. The van der Waals surface area contributed by atoms with Gasteiger partial charge in [-0.1, -0.05) is 0 Å². The van der Waals surface area contributed by atoms with Crippen molar-refractivity contribution in [1.82, 2.24) is 9.88 Å². The summed E-state index contributed by atoms with van der Waals surface area (Å²) in [4.78, 5) is 19.5. The van der Waals surface area contributed by atoms with Gasteiger partial charge < -0.3 is 10.1 Å². The average molecular weight is 345 g/mol. The summed E-state index contributed by atoms with van der Waals surface area (Å²) in [6.45, 7) is 3.69. The highest BCUT2D eigenvalue weighted by molar-refractivity contribution is 7.16. The first-order chi connectivity index (χ1) is 11.8. The monoisotopic (exact) mass is 345 g/mol. The fourth-order valence-electron chi connectivity index (χ4n) is 3.78. The van der Waals surface area contributed by atoms with Gasteiger partial charge in [0.05, 0.1) is 21.6 Å². The molecule has 2 aliphatic heterocycles. The molecule has 1 aromatic carbocycles. The number of benzene rings is 1. The van der Waals surface area contributed by atoms with Crippen molar-refractivity contribution >= 4 is 33.1 Å². The fraction of sp³-hybridized carbons (Fsp3) is 0.556. The van der Waals surface area contributed by atoms with E-state index in [0.717, 1.165) is 67.9 Å². The van der Waals surface area contributed by atoms with Crippen molar-refractivity contribution in [2.45, 2.75) is 31.7 Å². The van der Waals surface area contributed by atoms with Crippen molar-refractivity contribution in [1.29, 1.82) is 0 Å². The van der Waals surface area contributed by atoms with Gasteiger partial charge >= 0.3 is 0 Å². The second-order valence-corrected chi connectivity index (χ2v) is 7.59. The number of carbonyl (C=O) groups is 1. The van der Waals surface area contributed by atoms with Crippen LogP contribution in [-0.2, 0) is 9.53 Å². The average Bonchev–Trinajstić information content (AvgIpc) is 3.10. The Bertz CT molecular complexity index is 711. The highest BCUT2D eigenvalue weighted by Crippen LogP contribution is 2.25. The molecule has 0 aliphatic carbocycles. The zero-order valence-corrected chi connectivity index (χ0v) is 14.6. The lowest BCUT2D eigenvalue weighted by Crippen LogP contribution is -2.47. The predicted octanol–water partition coefficient (Wildman–Crippen LogP) is 3.13. The second-order valence-electron chi connectivity index (χ2n) is 6.70. The molecule has 2 aliphatic rings. The van der Waals surface area contributed by atoms with Crippen LogP contribution in [0.4, 0.5) is 5.69 Å². The van der Waals surface area contributed by atoms with Crippen molar-refractivity contribution in [3.05, 3.63) is 23.7 Å². The SMILES string of the molecule is O=C(Nc1ccc2scnc2c1)C1CCCN(C2CCOCC2)C1. The molecule has 128 valence electrons. The number of aromatic nitrogens is 1. The molecule has 0 bridgehead atoms. The minimum absolute atomic E-state index is 0.0766. The number of piperidine rings is 1. The quantitative estimate of drug-likeness (QED) is 0.929. The third-order valence-corrected chi connectivity index (χ3v) is 5.94. The summed E-state index contributed by atoms with van der Waals surface area (Å²) in [5, 5.41) is 3.09. The van der Waals surface area contributed by atoms with Crippen molar-refractivity contribution in [3.8, 4) is 0 Å². The van der Waals surface area contributed by atoms with Crippen LogP contribution in [-0.4, -0.2) is 48.1 Å². The molecule has 5 nitrogen and oxygen atoms in total. The van der Waals surface area contributed by atoms with Gasteiger partial charge in [0.2, 0.25) is 5.91 Å². The second kappa shape index (κ2) is 7.17. The Balaban J connectivity index is 1.39.